The van der Waals surface area contributed by atoms with Crippen molar-refractivity contribution in [2.24, 2.45) is 11.7 Å². The van der Waals surface area contributed by atoms with E-state index in [2.05, 4.69) is 10.6 Å². The van der Waals surface area contributed by atoms with Gasteiger partial charge >= 0.3 is 0 Å². The fourth-order valence-corrected chi connectivity index (χ4v) is 1.76. The van der Waals surface area contributed by atoms with Gasteiger partial charge in [-0.05, 0) is 37.1 Å². The number of nitrogens with one attached hydrogen (secondary N) is 2. The van der Waals surface area contributed by atoms with Gasteiger partial charge in [0.05, 0.1) is 0 Å². The first-order valence-electron chi connectivity index (χ1n) is 6.58. The van der Waals surface area contributed by atoms with Crippen LogP contribution in [0.25, 0.3) is 0 Å². The zero-order chi connectivity index (χ0) is 14.5. The number of nitrogens with two attached hydrogens (primary N) is 1. The molecule has 2 amide bonds. The number of hydrogen-bond donors (Lipinski definition) is 3. The molecular formula is C14H19N3O3. The highest BCUT2D eigenvalue weighted by Crippen LogP contribution is 2.30. The summed E-state index contributed by atoms with van der Waals surface area (Å²) in [6, 6.07) is 6.95. The van der Waals surface area contributed by atoms with Crippen molar-refractivity contribution in [1.82, 2.24) is 0 Å². The number of ether oxygens (including phenoxy) is 1. The van der Waals surface area contributed by atoms with Crippen molar-refractivity contribution < 1.29 is 14.3 Å². The highest BCUT2D eigenvalue weighted by Gasteiger charge is 2.29. The molecule has 0 radical (unpaired) electrons. The van der Waals surface area contributed by atoms with E-state index in [1.807, 2.05) is 0 Å². The van der Waals surface area contributed by atoms with E-state index in [0.717, 1.165) is 18.5 Å². The maximum Gasteiger partial charge on any atom is 0.254 e. The quantitative estimate of drug-likeness (QED) is 0.721. The van der Waals surface area contributed by atoms with Crippen LogP contribution in [0, 0.1) is 5.92 Å². The summed E-state index contributed by atoms with van der Waals surface area (Å²) < 4.78 is 4.95. The molecule has 0 saturated heterocycles. The van der Waals surface area contributed by atoms with Crippen LogP contribution < -0.4 is 16.4 Å². The second-order valence-corrected chi connectivity index (χ2v) is 4.79. The topological polar surface area (TPSA) is 93.4 Å². The number of benzene rings is 1. The van der Waals surface area contributed by atoms with E-state index in [1.54, 1.807) is 24.3 Å². The first kappa shape index (κ1) is 14.5. The van der Waals surface area contributed by atoms with E-state index < -0.39 is 6.10 Å². The van der Waals surface area contributed by atoms with Crippen molar-refractivity contribution in [2.45, 2.75) is 18.9 Å². The third-order valence-corrected chi connectivity index (χ3v) is 3.16. The Hall–Kier alpha value is -1.92. The van der Waals surface area contributed by atoms with E-state index in [-0.39, 0.29) is 24.3 Å². The lowest BCUT2D eigenvalue weighted by atomic mass is 10.2. The maximum absolute atomic E-state index is 11.7. The summed E-state index contributed by atoms with van der Waals surface area (Å²) in [5.74, 6) is -0.0597. The van der Waals surface area contributed by atoms with Crippen molar-refractivity contribution in [3.63, 3.8) is 0 Å². The predicted octanol–water partition coefficient (Wildman–Crippen LogP) is 0.947. The Kier molecular flexibility index (Phi) is 4.70. The molecule has 1 aromatic carbocycles. The molecule has 1 saturated carbocycles. The number of hydrogen-bond acceptors (Lipinski definition) is 4. The highest BCUT2D eigenvalue weighted by atomic mass is 16.5. The second kappa shape index (κ2) is 6.49. The number of anilines is 2. The van der Waals surface area contributed by atoms with Crippen LogP contribution in [0.4, 0.5) is 11.4 Å². The molecule has 1 aliphatic carbocycles. The van der Waals surface area contributed by atoms with Crippen LogP contribution in [0.5, 0.6) is 0 Å². The molecule has 6 nitrogen and oxygen atoms in total. The molecule has 0 spiro atoms. The van der Waals surface area contributed by atoms with Gasteiger partial charge in [0.15, 0.2) is 0 Å². The van der Waals surface area contributed by atoms with E-state index >= 15 is 0 Å². The van der Waals surface area contributed by atoms with Crippen molar-refractivity contribution in [2.75, 3.05) is 24.3 Å². The Balaban J connectivity index is 1.90. The fourth-order valence-electron chi connectivity index (χ4n) is 1.76. The largest absolute Gasteiger partial charge is 0.370 e. The molecule has 108 valence electrons. The van der Waals surface area contributed by atoms with Gasteiger partial charge in [-0.3, -0.25) is 9.59 Å². The van der Waals surface area contributed by atoms with Gasteiger partial charge in [-0.1, -0.05) is 0 Å². The molecule has 1 unspecified atom stereocenters. The molecule has 1 atom stereocenters. The highest BCUT2D eigenvalue weighted by molar-refractivity contribution is 5.96. The Labute approximate surface area is 117 Å². The molecule has 0 aromatic heterocycles. The van der Waals surface area contributed by atoms with Gasteiger partial charge < -0.3 is 21.1 Å². The molecule has 1 fully saturated rings. The average Bonchev–Trinajstić information content (AvgIpc) is 3.27. The van der Waals surface area contributed by atoms with Crippen LogP contribution in [-0.4, -0.2) is 31.6 Å². The molecule has 4 N–H and O–H groups in total. The normalized spacial score (nSPS) is 15.5. The minimum absolute atomic E-state index is 0.0596. The minimum atomic E-state index is -0.663. The van der Waals surface area contributed by atoms with Crippen LogP contribution in [-0.2, 0) is 14.3 Å². The molecule has 0 aliphatic heterocycles. The summed E-state index contributed by atoms with van der Waals surface area (Å²) in [7, 11) is 1.44. The van der Waals surface area contributed by atoms with Gasteiger partial charge in [0.1, 0.15) is 6.10 Å². The standard InChI is InChI=1S/C14H19N3O3/c1-20-12(8-15)14(19)17-11-6-4-10(5-7-11)16-13(18)9-2-3-9/h4-7,9,12H,2-3,8,15H2,1H3,(H,16,18)(H,17,19). The summed E-state index contributed by atoms with van der Waals surface area (Å²) in [6.07, 6.45) is 1.28. The van der Waals surface area contributed by atoms with E-state index in [9.17, 15) is 9.59 Å². The van der Waals surface area contributed by atoms with Crippen LogP contribution >= 0.6 is 0 Å². The molecule has 1 aliphatic rings. The number of amides is 2. The number of carbonyl (C=O) groups is 2. The van der Waals surface area contributed by atoms with Gasteiger partial charge in [-0.15, -0.1) is 0 Å². The monoisotopic (exact) mass is 277 g/mol. The zero-order valence-electron chi connectivity index (χ0n) is 11.4. The molecule has 20 heavy (non-hydrogen) atoms. The second-order valence-electron chi connectivity index (χ2n) is 4.79. The van der Waals surface area contributed by atoms with Gasteiger partial charge in [0.2, 0.25) is 5.91 Å². The summed E-state index contributed by atoms with van der Waals surface area (Å²) >= 11 is 0. The predicted molar refractivity (Wildman–Crippen MR) is 76.3 cm³/mol. The molecule has 2 rings (SSSR count). The lowest BCUT2D eigenvalue weighted by molar-refractivity contribution is -0.125. The Morgan fingerprint density at radius 2 is 1.80 bits per heavy atom. The minimum Gasteiger partial charge on any atom is -0.370 e. The van der Waals surface area contributed by atoms with Crippen LogP contribution in [0.15, 0.2) is 24.3 Å². The summed E-state index contributed by atoms with van der Waals surface area (Å²) in [4.78, 5) is 23.3. The van der Waals surface area contributed by atoms with Gasteiger partial charge in [-0.25, -0.2) is 0 Å². The van der Waals surface area contributed by atoms with Crippen LogP contribution in [0.2, 0.25) is 0 Å². The van der Waals surface area contributed by atoms with Crippen molar-refractivity contribution in [3.05, 3.63) is 24.3 Å². The Morgan fingerprint density at radius 1 is 1.25 bits per heavy atom. The number of carbonyl (C=O) groups excluding carboxylic acids is 2. The first-order chi connectivity index (χ1) is 9.63. The molecule has 0 heterocycles. The Morgan fingerprint density at radius 3 is 2.25 bits per heavy atom. The number of methoxy groups -OCH3 is 1. The van der Waals surface area contributed by atoms with Gasteiger partial charge in [-0.2, -0.15) is 0 Å². The fraction of sp³-hybridized carbons (Fsp3) is 0.429. The average molecular weight is 277 g/mol. The smallest absolute Gasteiger partial charge is 0.254 e. The van der Waals surface area contributed by atoms with E-state index in [0.29, 0.717) is 5.69 Å². The maximum atomic E-state index is 11.7. The van der Waals surface area contributed by atoms with E-state index in [4.69, 9.17) is 10.5 Å². The lowest BCUT2D eigenvalue weighted by Crippen LogP contribution is -2.35. The van der Waals surface area contributed by atoms with Crippen molar-refractivity contribution in [1.29, 1.82) is 0 Å². The van der Waals surface area contributed by atoms with Gasteiger partial charge in [0.25, 0.3) is 5.91 Å². The molecule has 6 heteroatoms. The first-order valence-corrected chi connectivity index (χ1v) is 6.58. The third-order valence-electron chi connectivity index (χ3n) is 3.16. The van der Waals surface area contributed by atoms with Crippen LogP contribution in [0.3, 0.4) is 0 Å². The molecular weight excluding hydrogens is 258 g/mol. The van der Waals surface area contributed by atoms with Crippen LogP contribution in [0.1, 0.15) is 12.8 Å². The van der Waals surface area contributed by atoms with Gasteiger partial charge in [0, 0.05) is 30.9 Å². The lowest BCUT2D eigenvalue weighted by Gasteiger charge is -2.13. The number of rotatable bonds is 6. The molecule has 1 aromatic rings. The van der Waals surface area contributed by atoms with Crippen molar-refractivity contribution in [3.8, 4) is 0 Å². The van der Waals surface area contributed by atoms with Crippen molar-refractivity contribution >= 4 is 23.2 Å². The zero-order valence-corrected chi connectivity index (χ0v) is 11.4. The summed E-state index contributed by atoms with van der Waals surface area (Å²) in [5.41, 5.74) is 6.78. The summed E-state index contributed by atoms with van der Waals surface area (Å²) in [6.45, 7) is 0.123. The third kappa shape index (κ3) is 3.79. The SMILES string of the molecule is COC(CN)C(=O)Nc1ccc(NC(=O)C2CC2)cc1. The van der Waals surface area contributed by atoms with E-state index in [1.165, 1.54) is 7.11 Å². The molecule has 0 bridgehead atoms. The summed E-state index contributed by atoms with van der Waals surface area (Å²) in [5, 5.41) is 5.54. The Bertz CT molecular complexity index is 479.